The standard InChI is InChI=1S/C16H22N2O2S/c1-18-7-3-4-14(18)9-13-10-17-16-6-5-12(8-15(13)16)11-21(2,19)20/h5-6,8,10,14,17H,3-4,7,9,11H2,1-2H3/t14-/m1/s1. The van der Waals surface area contributed by atoms with Gasteiger partial charge in [-0.15, -0.1) is 0 Å². The maximum absolute atomic E-state index is 11.5. The van der Waals surface area contributed by atoms with E-state index in [1.54, 1.807) is 0 Å². The molecule has 1 atom stereocenters. The fourth-order valence-corrected chi connectivity index (χ4v) is 4.06. The van der Waals surface area contributed by atoms with Crippen LogP contribution in [0.2, 0.25) is 0 Å². The molecule has 1 N–H and O–H groups in total. The fourth-order valence-electron chi connectivity index (χ4n) is 3.28. The first-order valence-corrected chi connectivity index (χ1v) is 9.45. The second-order valence-electron chi connectivity index (χ2n) is 6.24. The molecule has 5 heteroatoms. The molecule has 2 aromatic rings. The lowest BCUT2D eigenvalue weighted by atomic mass is 10.0. The molecule has 2 heterocycles. The Morgan fingerprint density at radius 2 is 2.19 bits per heavy atom. The highest BCUT2D eigenvalue weighted by molar-refractivity contribution is 7.89. The average molecular weight is 306 g/mol. The summed E-state index contributed by atoms with van der Waals surface area (Å²) >= 11 is 0. The minimum absolute atomic E-state index is 0.108. The normalized spacial score (nSPS) is 20.4. The van der Waals surface area contributed by atoms with Crippen molar-refractivity contribution in [3.05, 3.63) is 35.5 Å². The first-order chi connectivity index (χ1) is 9.92. The number of hydrogen-bond donors (Lipinski definition) is 1. The highest BCUT2D eigenvalue weighted by atomic mass is 32.2. The van der Waals surface area contributed by atoms with Crippen LogP contribution < -0.4 is 0 Å². The SMILES string of the molecule is CN1CCC[C@@H]1Cc1c[nH]c2ccc(CS(C)(=O)=O)cc12. The number of likely N-dealkylation sites (tertiary alicyclic amines) is 1. The van der Waals surface area contributed by atoms with Crippen LogP contribution >= 0.6 is 0 Å². The summed E-state index contributed by atoms with van der Waals surface area (Å²) in [6.07, 6.45) is 6.89. The number of sulfone groups is 1. The first-order valence-electron chi connectivity index (χ1n) is 7.39. The summed E-state index contributed by atoms with van der Waals surface area (Å²) in [5.74, 6) is 0.108. The van der Waals surface area contributed by atoms with E-state index in [4.69, 9.17) is 0 Å². The molecule has 4 nitrogen and oxygen atoms in total. The number of benzene rings is 1. The van der Waals surface area contributed by atoms with Crippen LogP contribution in [-0.4, -0.2) is 44.2 Å². The predicted molar refractivity (Wildman–Crippen MR) is 86.2 cm³/mol. The van der Waals surface area contributed by atoms with Crippen molar-refractivity contribution in [2.75, 3.05) is 19.8 Å². The molecule has 114 valence electrons. The summed E-state index contributed by atoms with van der Waals surface area (Å²) in [6.45, 7) is 1.17. The number of H-pyrrole nitrogens is 1. The summed E-state index contributed by atoms with van der Waals surface area (Å²) in [6, 6.07) is 6.50. The van der Waals surface area contributed by atoms with Gasteiger partial charge in [0.15, 0.2) is 9.84 Å². The first kappa shape index (κ1) is 14.6. The Morgan fingerprint density at radius 3 is 2.86 bits per heavy atom. The molecule has 1 fully saturated rings. The van der Waals surface area contributed by atoms with Gasteiger partial charge >= 0.3 is 0 Å². The number of nitrogens with one attached hydrogen (secondary N) is 1. The summed E-state index contributed by atoms with van der Waals surface area (Å²) in [5.41, 5.74) is 3.24. The Labute approximate surface area is 126 Å². The topological polar surface area (TPSA) is 53.2 Å². The Morgan fingerprint density at radius 1 is 1.38 bits per heavy atom. The van der Waals surface area contributed by atoms with E-state index in [9.17, 15) is 8.42 Å². The third-order valence-electron chi connectivity index (χ3n) is 4.39. The quantitative estimate of drug-likeness (QED) is 0.943. The molecule has 3 rings (SSSR count). The van der Waals surface area contributed by atoms with Crippen LogP contribution in [0.1, 0.15) is 24.0 Å². The Kier molecular flexibility index (Phi) is 3.80. The molecular formula is C16H22N2O2S. The van der Waals surface area contributed by atoms with Gasteiger partial charge in [-0.05, 0) is 56.1 Å². The van der Waals surface area contributed by atoms with Crippen LogP contribution in [0.5, 0.6) is 0 Å². The van der Waals surface area contributed by atoms with Gasteiger partial charge in [0, 0.05) is 29.4 Å². The second-order valence-corrected chi connectivity index (χ2v) is 8.38. The highest BCUT2D eigenvalue weighted by Crippen LogP contribution is 2.26. The number of aromatic nitrogens is 1. The van der Waals surface area contributed by atoms with Crippen LogP contribution in [0.25, 0.3) is 10.9 Å². The van der Waals surface area contributed by atoms with Crippen LogP contribution in [0.3, 0.4) is 0 Å². The zero-order chi connectivity index (χ0) is 15.0. The number of hydrogen-bond acceptors (Lipinski definition) is 3. The molecular weight excluding hydrogens is 284 g/mol. The maximum atomic E-state index is 11.5. The fraction of sp³-hybridized carbons (Fsp3) is 0.500. The molecule has 1 aromatic heterocycles. The molecule has 1 saturated heterocycles. The van der Waals surface area contributed by atoms with Crippen molar-refractivity contribution in [3.63, 3.8) is 0 Å². The number of nitrogens with zero attached hydrogens (tertiary/aromatic N) is 1. The average Bonchev–Trinajstić information content (AvgIpc) is 2.96. The van der Waals surface area contributed by atoms with E-state index in [0.717, 1.165) is 22.9 Å². The van der Waals surface area contributed by atoms with Gasteiger partial charge in [0.2, 0.25) is 0 Å². The summed E-state index contributed by atoms with van der Waals surface area (Å²) in [4.78, 5) is 5.71. The molecule has 1 aliphatic heterocycles. The van der Waals surface area contributed by atoms with Gasteiger partial charge in [-0.2, -0.15) is 0 Å². The maximum Gasteiger partial charge on any atom is 0.151 e. The van der Waals surface area contributed by atoms with Gasteiger partial charge in [-0.25, -0.2) is 8.42 Å². The molecule has 1 aromatic carbocycles. The van der Waals surface area contributed by atoms with E-state index in [-0.39, 0.29) is 5.75 Å². The van der Waals surface area contributed by atoms with Gasteiger partial charge in [0.25, 0.3) is 0 Å². The molecule has 0 saturated carbocycles. The van der Waals surface area contributed by atoms with Crippen molar-refractivity contribution < 1.29 is 8.42 Å². The van der Waals surface area contributed by atoms with E-state index >= 15 is 0 Å². The minimum atomic E-state index is -2.99. The van der Waals surface area contributed by atoms with Crippen molar-refractivity contribution in [2.45, 2.75) is 31.1 Å². The molecule has 0 amide bonds. The van der Waals surface area contributed by atoms with Gasteiger partial charge in [0.05, 0.1) is 5.75 Å². The van der Waals surface area contributed by atoms with Crippen molar-refractivity contribution in [3.8, 4) is 0 Å². The summed E-state index contributed by atoms with van der Waals surface area (Å²) < 4.78 is 22.9. The number of aromatic amines is 1. The lowest BCUT2D eigenvalue weighted by molar-refractivity contribution is 0.310. The van der Waals surface area contributed by atoms with Gasteiger partial charge in [0.1, 0.15) is 0 Å². The van der Waals surface area contributed by atoms with Crippen LogP contribution in [0.15, 0.2) is 24.4 Å². The molecule has 0 radical (unpaired) electrons. The number of rotatable bonds is 4. The van der Waals surface area contributed by atoms with Crippen molar-refractivity contribution in [2.24, 2.45) is 0 Å². The lowest BCUT2D eigenvalue weighted by Gasteiger charge is -2.18. The third kappa shape index (κ3) is 3.30. The summed E-state index contributed by atoms with van der Waals surface area (Å²) in [5, 5.41) is 1.16. The Bertz CT molecular complexity index is 749. The molecule has 1 aliphatic rings. The van der Waals surface area contributed by atoms with E-state index < -0.39 is 9.84 Å². The second kappa shape index (κ2) is 5.46. The van der Waals surface area contributed by atoms with E-state index in [1.807, 2.05) is 18.2 Å². The van der Waals surface area contributed by atoms with Gasteiger partial charge < -0.3 is 9.88 Å². The molecule has 0 aliphatic carbocycles. The van der Waals surface area contributed by atoms with E-state index in [1.165, 1.54) is 31.2 Å². The predicted octanol–water partition coefficient (Wildman–Crippen LogP) is 2.35. The summed E-state index contributed by atoms with van der Waals surface area (Å²) in [7, 11) is -0.809. The van der Waals surface area contributed by atoms with E-state index in [2.05, 4.69) is 23.1 Å². The largest absolute Gasteiger partial charge is 0.361 e. The van der Waals surface area contributed by atoms with Crippen LogP contribution in [0.4, 0.5) is 0 Å². The lowest BCUT2D eigenvalue weighted by Crippen LogP contribution is -2.26. The molecule has 0 bridgehead atoms. The van der Waals surface area contributed by atoms with E-state index in [0.29, 0.717) is 6.04 Å². The van der Waals surface area contributed by atoms with Crippen molar-refractivity contribution >= 4 is 20.7 Å². The molecule has 0 unspecified atom stereocenters. The molecule has 21 heavy (non-hydrogen) atoms. The van der Waals surface area contributed by atoms with Gasteiger partial charge in [-0.1, -0.05) is 6.07 Å². The molecule has 0 spiro atoms. The monoisotopic (exact) mass is 306 g/mol. The van der Waals surface area contributed by atoms with Crippen molar-refractivity contribution in [1.29, 1.82) is 0 Å². The minimum Gasteiger partial charge on any atom is -0.361 e. The van der Waals surface area contributed by atoms with Crippen LogP contribution in [0, 0.1) is 0 Å². The van der Waals surface area contributed by atoms with Gasteiger partial charge in [-0.3, -0.25) is 0 Å². The Balaban J connectivity index is 1.90. The number of likely N-dealkylation sites (N-methyl/N-ethyl adjacent to an activating group) is 1. The Hall–Kier alpha value is -1.33. The number of fused-ring (bicyclic) bond motifs is 1. The van der Waals surface area contributed by atoms with Crippen molar-refractivity contribution in [1.82, 2.24) is 9.88 Å². The van der Waals surface area contributed by atoms with Crippen LogP contribution in [-0.2, 0) is 22.0 Å². The zero-order valence-corrected chi connectivity index (χ0v) is 13.4. The third-order valence-corrected chi connectivity index (χ3v) is 5.25. The highest BCUT2D eigenvalue weighted by Gasteiger charge is 2.22. The zero-order valence-electron chi connectivity index (χ0n) is 12.6. The smallest absolute Gasteiger partial charge is 0.151 e.